The number of halogens is 1. The lowest BCUT2D eigenvalue weighted by Crippen LogP contribution is -2.36. The van der Waals surface area contributed by atoms with Gasteiger partial charge in [-0.1, -0.05) is 24.6 Å². The van der Waals surface area contributed by atoms with E-state index < -0.39 is 0 Å². The van der Waals surface area contributed by atoms with E-state index in [9.17, 15) is 9.90 Å². The molecular weight excluding hydrogens is 380 g/mol. The van der Waals surface area contributed by atoms with Gasteiger partial charge >= 0.3 is 0 Å². The number of benzene rings is 2. The molecule has 28 heavy (non-hydrogen) atoms. The Morgan fingerprint density at radius 1 is 1.29 bits per heavy atom. The summed E-state index contributed by atoms with van der Waals surface area (Å²) in [5.74, 6) is 1.13. The lowest BCUT2D eigenvalue weighted by Gasteiger charge is -2.17. The molecule has 0 saturated heterocycles. The minimum Gasteiger partial charge on any atom is -0.506 e. The molecule has 0 aliphatic heterocycles. The Hall–Kier alpha value is -3.06. The van der Waals surface area contributed by atoms with Gasteiger partial charge in [0.15, 0.2) is 0 Å². The highest BCUT2D eigenvalue weighted by atomic mass is 35.5. The quantitative estimate of drug-likeness (QED) is 0.518. The van der Waals surface area contributed by atoms with Gasteiger partial charge < -0.3 is 20.5 Å². The van der Waals surface area contributed by atoms with Crippen LogP contribution >= 0.6 is 11.6 Å². The summed E-state index contributed by atoms with van der Waals surface area (Å²) in [5.41, 5.74) is 1.38. The zero-order valence-corrected chi connectivity index (χ0v) is 16.3. The first kappa shape index (κ1) is 19.7. The molecule has 3 aromatic rings. The highest BCUT2D eigenvalue weighted by Crippen LogP contribution is 2.33. The van der Waals surface area contributed by atoms with Crippen molar-refractivity contribution in [3.05, 3.63) is 47.7 Å². The molecule has 1 atom stereocenters. The number of hydrogen-bond acceptors (Lipinski definition) is 6. The van der Waals surface area contributed by atoms with Crippen LogP contribution in [0.4, 0.5) is 11.5 Å². The SMILES string of the molecule is CCC(=O)NC(C)COc1cccc2ncnc(Nc3ccc(O)c(Cl)c3)c12. The Morgan fingerprint density at radius 3 is 2.86 bits per heavy atom. The van der Waals surface area contributed by atoms with Gasteiger partial charge in [-0.3, -0.25) is 4.79 Å². The number of aromatic hydroxyl groups is 1. The van der Waals surface area contributed by atoms with Crippen molar-refractivity contribution >= 4 is 39.9 Å². The summed E-state index contributed by atoms with van der Waals surface area (Å²) in [6.45, 7) is 4.00. The van der Waals surface area contributed by atoms with Gasteiger partial charge in [-0.2, -0.15) is 0 Å². The summed E-state index contributed by atoms with van der Waals surface area (Å²) in [7, 11) is 0. The Kier molecular flexibility index (Phi) is 6.16. The number of carbonyl (C=O) groups excluding carboxylic acids is 1. The third-order valence-corrected chi connectivity index (χ3v) is 4.36. The number of rotatable bonds is 7. The molecule has 0 aliphatic carbocycles. The number of carbonyl (C=O) groups is 1. The van der Waals surface area contributed by atoms with E-state index in [0.717, 1.165) is 0 Å². The number of phenols is 1. The molecule has 0 bridgehead atoms. The van der Waals surface area contributed by atoms with Crippen LogP contribution in [0.2, 0.25) is 5.02 Å². The van der Waals surface area contributed by atoms with Crippen LogP contribution in [0.15, 0.2) is 42.7 Å². The number of hydrogen-bond donors (Lipinski definition) is 3. The fourth-order valence-corrected chi connectivity index (χ4v) is 2.83. The molecule has 3 rings (SSSR count). The second kappa shape index (κ2) is 8.75. The summed E-state index contributed by atoms with van der Waals surface area (Å²) < 4.78 is 5.95. The lowest BCUT2D eigenvalue weighted by atomic mass is 10.2. The lowest BCUT2D eigenvalue weighted by molar-refractivity contribution is -0.121. The van der Waals surface area contributed by atoms with Crippen molar-refractivity contribution in [3.63, 3.8) is 0 Å². The van der Waals surface area contributed by atoms with Crippen LogP contribution in [0.3, 0.4) is 0 Å². The standard InChI is InChI=1S/C20H21ClN4O3/c1-3-18(27)24-12(2)10-28-17-6-4-5-15-19(17)20(23-11-22-15)25-13-7-8-16(26)14(21)9-13/h4-9,11-12,26H,3,10H2,1-2H3,(H,24,27)(H,22,23,25). The first-order chi connectivity index (χ1) is 13.5. The fraction of sp³-hybridized carbons (Fsp3) is 0.250. The van der Waals surface area contributed by atoms with Crippen molar-refractivity contribution in [3.8, 4) is 11.5 Å². The normalized spacial score (nSPS) is 11.8. The van der Waals surface area contributed by atoms with Crippen molar-refractivity contribution in [2.45, 2.75) is 26.3 Å². The van der Waals surface area contributed by atoms with Crippen LogP contribution in [0, 0.1) is 0 Å². The van der Waals surface area contributed by atoms with Gasteiger partial charge in [0, 0.05) is 12.1 Å². The molecule has 1 heterocycles. The minimum atomic E-state index is -0.139. The van der Waals surface area contributed by atoms with E-state index in [1.54, 1.807) is 19.1 Å². The van der Waals surface area contributed by atoms with Gasteiger partial charge in [-0.05, 0) is 37.3 Å². The predicted octanol–water partition coefficient (Wildman–Crippen LogP) is 4.03. The summed E-state index contributed by atoms with van der Waals surface area (Å²) >= 11 is 5.99. The monoisotopic (exact) mass is 400 g/mol. The number of aromatic nitrogens is 2. The largest absolute Gasteiger partial charge is 0.506 e. The maximum Gasteiger partial charge on any atom is 0.220 e. The summed E-state index contributed by atoms with van der Waals surface area (Å²) in [6.07, 6.45) is 1.89. The second-order valence-corrected chi connectivity index (χ2v) is 6.70. The molecule has 0 aliphatic rings. The van der Waals surface area contributed by atoms with E-state index >= 15 is 0 Å². The van der Waals surface area contributed by atoms with E-state index in [0.29, 0.717) is 41.2 Å². The maximum atomic E-state index is 11.5. The smallest absolute Gasteiger partial charge is 0.220 e. The fourth-order valence-electron chi connectivity index (χ4n) is 2.65. The van der Waals surface area contributed by atoms with Crippen molar-refractivity contribution in [2.75, 3.05) is 11.9 Å². The Balaban J connectivity index is 1.87. The zero-order chi connectivity index (χ0) is 20.1. The number of amides is 1. The average molecular weight is 401 g/mol. The van der Waals surface area contributed by atoms with Crippen LogP contribution in [0.25, 0.3) is 10.9 Å². The van der Waals surface area contributed by atoms with Crippen LogP contribution in [0.5, 0.6) is 11.5 Å². The summed E-state index contributed by atoms with van der Waals surface area (Å²) in [5, 5.41) is 16.6. The van der Waals surface area contributed by atoms with E-state index in [4.69, 9.17) is 16.3 Å². The third kappa shape index (κ3) is 4.61. The van der Waals surface area contributed by atoms with Gasteiger partial charge in [-0.15, -0.1) is 0 Å². The van der Waals surface area contributed by atoms with Crippen LogP contribution < -0.4 is 15.4 Å². The number of ether oxygens (including phenoxy) is 1. The predicted molar refractivity (Wildman–Crippen MR) is 109 cm³/mol. The molecule has 1 amide bonds. The number of anilines is 2. The van der Waals surface area contributed by atoms with Gasteiger partial charge in [0.05, 0.1) is 22.0 Å². The Bertz CT molecular complexity index is 991. The molecule has 0 radical (unpaired) electrons. The van der Waals surface area contributed by atoms with Gasteiger partial charge in [0.2, 0.25) is 5.91 Å². The second-order valence-electron chi connectivity index (χ2n) is 6.30. The first-order valence-corrected chi connectivity index (χ1v) is 9.27. The van der Waals surface area contributed by atoms with E-state index in [2.05, 4.69) is 20.6 Å². The molecule has 2 aromatic carbocycles. The van der Waals surface area contributed by atoms with E-state index in [-0.39, 0.29) is 22.7 Å². The molecular formula is C20H21ClN4O3. The van der Waals surface area contributed by atoms with Crippen LogP contribution in [0.1, 0.15) is 20.3 Å². The molecule has 7 nitrogen and oxygen atoms in total. The average Bonchev–Trinajstić information content (AvgIpc) is 2.69. The molecule has 1 aromatic heterocycles. The zero-order valence-electron chi connectivity index (χ0n) is 15.6. The van der Waals surface area contributed by atoms with Gasteiger partial charge in [0.1, 0.15) is 30.3 Å². The number of fused-ring (bicyclic) bond motifs is 1. The van der Waals surface area contributed by atoms with Gasteiger partial charge in [-0.25, -0.2) is 9.97 Å². The van der Waals surface area contributed by atoms with Crippen molar-refractivity contribution < 1.29 is 14.6 Å². The third-order valence-electron chi connectivity index (χ3n) is 4.05. The molecule has 1 unspecified atom stereocenters. The Labute approximate surface area is 167 Å². The first-order valence-electron chi connectivity index (χ1n) is 8.89. The number of nitrogens with one attached hydrogen (secondary N) is 2. The molecule has 8 heteroatoms. The van der Waals surface area contributed by atoms with Crippen molar-refractivity contribution in [2.24, 2.45) is 0 Å². The maximum absolute atomic E-state index is 11.5. The van der Waals surface area contributed by atoms with Crippen molar-refractivity contribution in [1.29, 1.82) is 0 Å². The highest BCUT2D eigenvalue weighted by molar-refractivity contribution is 6.32. The molecule has 146 valence electrons. The van der Waals surface area contributed by atoms with E-state index in [1.807, 2.05) is 25.1 Å². The minimum absolute atomic E-state index is 0.00639. The molecule has 0 fully saturated rings. The highest BCUT2D eigenvalue weighted by Gasteiger charge is 2.13. The molecule has 0 spiro atoms. The molecule has 3 N–H and O–H groups in total. The van der Waals surface area contributed by atoms with Crippen LogP contribution in [-0.4, -0.2) is 33.6 Å². The molecule has 0 saturated carbocycles. The summed E-state index contributed by atoms with van der Waals surface area (Å²) in [6, 6.07) is 10.2. The topological polar surface area (TPSA) is 96.4 Å². The van der Waals surface area contributed by atoms with Gasteiger partial charge in [0.25, 0.3) is 0 Å². The number of nitrogens with zero attached hydrogens (tertiary/aromatic N) is 2. The van der Waals surface area contributed by atoms with Crippen molar-refractivity contribution in [1.82, 2.24) is 15.3 Å². The Morgan fingerprint density at radius 2 is 2.11 bits per heavy atom. The van der Waals surface area contributed by atoms with E-state index in [1.165, 1.54) is 12.4 Å². The number of phenolic OH excluding ortho intramolecular Hbond substituents is 1. The summed E-state index contributed by atoms with van der Waals surface area (Å²) in [4.78, 5) is 20.2. The van der Waals surface area contributed by atoms with Crippen LogP contribution in [-0.2, 0) is 4.79 Å².